The second kappa shape index (κ2) is 7.01. The van der Waals surface area contributed by atoms with Crippen molar-refractivity contribution in [1.82, 2.24) is 5.32 Å². The molecule has 0 aliphatic heterocycles. The molecule has 0 saturated heterocycles. The van der Waals surface area contributed by atoms with Crippen LogP contribution in [0.4, 0.5) is 0 Å². The second-order valence-corrected chi connectivity index (χ2v) is 5.34. The molecule has 16 heavy (non-hydrogen) atoms. The third kappa shape index (κ3) is 4.61. The van der Waals surface area contributed by atoms with Gasteiger partial charge in [-0.1, -0.05) is 0 Å². The molecule has 1 heterocycles. The number of methoxy groups -OCH3 is 1. The van der Waals surface area contributed by atoms with Crippen molar-refractivity contribution in [2.45, 2.75) is 32.4 Å². The molecule has 0 aromatic carbocycles. The Hall–Kier alpha value is -0.420. The molecule has 0 saturated carbocycles. The van der Waals surface area contributed by atoms with Crippen LogP contribution >= 0.6 is 11.3 Å². The highest BCUT2D eigenvalue weighted by molar-refractivity contribution is 7.12. The van der Waals surface area contributed by atoms with Crippen molar-refractivity contribution < 1.29 is 9.84 Å². The Kier molecular flexibility index (Phi) is 5.98. The Bertz CT molecular complexity index is 301. The van der Waals surface area contributed by atoms with Gasteiger partial charge in [-0.3, -0.25) is 0 Å². The van der Waals surface area contributed by atoms with Crippen LogP contribution in [0.3, 0.4) is 0 Å². The first-order valence-electron chi connectivity index (χ1n) is 5.60. The molecule has 0 spiro atoms. The zero-order valence-corrected chi connectivity index (χ0v) is 11.0. The van der Waals surface area contributed by atoms with Gasteiger partial charge in [-0.2, -0.15) is 0 Å². The van der Waals surface area contributed by atoms with Crippen molar-refractivity contribution in [3.63, 3.8) is 0 Å². The highest BCUT2D eigenvalue weighted by atomic mass is 32.1. The van der Waals surface area contributed by atoms with E-state index >= 15 is 0 Å². The van der Waals surface area contributed by atoms with Crippen LogP contribution in [0.5, 0.6) is 0 Å². The smallest absolute Gasteiger partial charge is 0.0785 e. The van der Waals surface area contributed by atoms with Gasteiger partial charge < -0.3 is 15.2 Å². The summed E-state index contributed by atoms with van der Waals surface area (Å²) >= 11 is 1.82. The number of thiophene rings is 1. The largest absolute Gasteiger partial charge is 0.391 e. The number of aryl methyl sites for hydroxylation is 1. The maximum Gasteiger partial charge on any atom is 0.0785 e. The minimum atomic E-state index is -0.366. The van der Waals surface area contributed by atoms with Crippen molar-refractivity contribution in [1.29, 1.82) is 0 Å². The summed E-state index contributed by atoms with van der Waals surface area (Å²) in [6.45, 7) is 5.48. The van der Waals surface area contributed by atoms with Crippen LogP contribution in [0, 0.1) is 6.92 Å². The van der Waals surface area contributed by atoms with E-state index in [1.54, 1.807) is 7.11 Å². The number of aliphatic hydroxyl groups is 1. The SMILES string of the molecule is COCC(O)CCNC(C)c1ccc(C)s1. The van der Waals surface area contributed by atoms with E-state index in [2.05, 4.69) is 31.3 Å². The van der Waals surface area contributed by atoms with Crippen LogP contribution < -0.4 is 5.32 Å². The highest BCUT2D eigenvalue weighted by Crippen LogP contribution is 2.22. The molecule has 0 fully saturated rings. The molecule has 0 amide bonds. The van der Waals surface area contributed by atoms with Gasteiger partial charge in [-0.05, 0) is 38.9 Å². The first kappa shape index (κ1) is 13.6. The molecule has 3 nitrogen and oxygen atoms in total. The second-order valence-electron chi connectivity index (χ2n) is 4.02. The standard InChI is InChI=1S/C12H21NO2S/c1-9-4-5-12(16-9)10(2)13-7-6-11(14)8-15-3/h4-5,10-11,13-14H,6-8H2,1-3H3. The molecule has 4 heteroatoms. The molecule has 2 unspecified atom stereocenters. The molecule has 0 radical (unpaired) electrons. The number of rotatable bonds is 7. The molecule has 0 aliphatic rings. The third-order valence-corrected chi connectivity index (χ3v) is 3.66. The zero-order valence-electron chi connectivity index (χ0n) is 10.2. The van der Waals surface area contributed by atoms with E-state index in [1.807, 2.05) is 11.3 Å². The van der Waals surface area contributed by atoms with E-state index in [0.717, 1.165) is 13.0 Å². The van der Waals surface area contributed by atoms with Crippen molar-refractivity contribution in [3.05, 3.63) is 21.9 Å². The van der Waals surface area contributed by atoms with E-state index in [0.29, 0.717) is 12.6 Å². The van der Waals surface area contributed by atoms with Gasteiger partial charge in [0.1, 0.15) is 0 Å². The molecule has 2 atom stereocenters. The highest BCUT2D eigenvalue weighted by Gasteiger charge is 2.08. The fourth-order valence-corrected chi connectivity index (χ4v) is 2.43. The molecule has 1 aromatic rings. The summed E-state index contributed by atoms with van der Waals surface area (Å²) in [7, 11) is 1.60. The Morgan fingerprint density at radius 1 is 1.50 bits per heavy atom. The lowest BCUT2D eigenvalue weighted by Gasteiger charge is -2.14. The fourth-order valence-electron chi connectivity index (χ4n) is 1.53. The minimum absolute atomic E-state index is 0.355. The van der Waals surface area contributed by atoms with Crippen LogP contribution in [-0.2, 0) is 4.74 Å². The molecule has 2 N–H and O–H groups in total. The monoisotopic (exact) mass is 243 g/mol. The van der Waals surface area contributed by atoms with Gasteiger partial charge in [0, 0.05) is 22.9 Å². The summed E-state index contributed by atoms with van der Waals surface area (Å²) in [5.41, 5.74) is 0. The first-order valence-corrected chi connectivity index (χ1v) is 6.42. The van der Waals surface area contributed by atoms with Gasteiger partial charge in [-0.15, -0.1) is 11.3 Å². The zero-order chi connectivity index (χ0) is 12.0. The number of hydrogen-bond donors (Lipinski definition) is 2. The molecular formula is C12H21NO2S. The summed E-state index contributed by atoms with van der Waals surface area (Å²) in [4.78, 5) is 2.68. The number of ether oxygens (including phenoxy) is 1. The maximum absolute atomic E-state index is 9.47. The van der Waals surface area contributed by atoms with E-state index in [1.165, 1.54) is 9.75 Å². The van der Waals surface area contributed by atoms with Gasteiger partial charge in [0.2, 0.25) is 0 Å². The Labute approximate surface area is 101 Å². The third-order valence-electron chi connectivity index (χ3n) is 2.48. The number of hydrogen-bond acceptors (Lipinski definition) is 4. The van der Waals surface area contributed by atoms with Gasteiger partial charge >= 0.3 is 0 Å². The maximum atomic E-state index is 9.47. The Morgan fingerprint density at radius 3 is 2.81 bits per heavy atom. The van der Waals surface area contributed by atoms with Gasteiger partial charge in [0.25, 0.3) is 0 Å². The number of aliphatic hydroxyl groups excluding tert-OH is 1. The predicted octanol–water partition coefficient (Wildman–Crippen LogP) is 2.10. The van der Waals surface area contributed by atoms with Crippen LogP contribution in [-0.4, -0.2) is 31.5 Å². The minimum Gasteiger partial charge on any atom is -0.391 e. The normalized spacial score (nSPS) is 15.0. The fraction of sp³-hybridized carbons (Fsp3) is 0.667. The Balaban J connectivity index is 2.22. The van der Waals surface area contributed by atoms with Gasteiger partial charge in [0.05, 0.1) is 12.7 Å². The quantitative estimate of drug-likeness (QED) is 0.770. The first-order chi connectivity index (χ1) is 7.63. The van der Waals surface area contributed by atoms with Crippen LogP contribution in [0.1, 0.15) is 29.1 Å². The summed E-state index contributed by atoms with van der Waals surface area (Å²) < 4.78 is 4.87. The Morgan fingerprint density at radius 2 is 2.25 bits per heavy atom. The lowest BCUT2D eigenvalue weighted by Crippen LogP contribution is -2.25. The van der Waals surface area contributed by atoms with E-state index < -0.39 is 0 Å². The van der Waals surface area contributed by atoms with Crippen molar-refractivity contribution >= 4 is 11.3 Å². The molecule has 0 bridgehead atoms. The van der Waals surface area contributed by atoms with Crippen molar-refractivity contribution in [2.24, 2.45) is 0 Å². The van der Waals surface area contributed by atoms with E-state index in [4.69, 9.17) is 4.74 Å². The lowest BCUT2D eigenvalue weighted by molar-refractivity contribution is 0.0591. The molecule has 0 aliphatic carbocycles. The topological polar surface area (TPSA) is 41.5 Å². The summed E-state index contributed by atoms with van der Waals surface area (Å²) in [5.74, 6) is 0. The number of nitrogens with one attached hydrogen (secondary N) is 1. The van der Waals surface area contributed by atoms with Crippen LogP contribution in [0.15, 0.2) is 12.1 Å². The molecule has 1 aromatic heterocycles. The average molecular weight is 243 g/mol. The van der Waals surface area contributed by atoms with Crippen LogP contribution in [0.2, 0.25) is 0 Å². The average Bonchev–Trinajstić information content (AvgIpc) is 2.65. The van der Waals surface area contributed by atoms with E-state index in [9.17, 15) is 5.11 Å². The summed E-state index contributed by atoms with van der Waals surface area (Å²) in [6.07, 6.45) is 0.359. The van der Waals surface area contributed by atoms with Crippen LogP contribution in [0.25, 0.3) is 0 Å². The summed E-state index contributed by atoms with van der Waals surface area (Å²) in [5, 5.41) is 12.9. The molecular weight excluding hydrogens is 222 g/mol. The molecule has 1 rings (SSSR count). The lowest BCUT2D eigenvalue weighted by atomic mass is 10.2. The van der Waals surface area contributed by atoms with Crippen molar-refractivity contribution in [3.8, 4) is 0 Å². The summed E-state index contributed by atoms with van der Waals surface area (Å²) in [6, 6.07) is 4.65. The van der Waals surface area contributed by atoms with Gasteiger partial charge in [0.15, 0.2) is 0 Å². The van der Waals surface area contributed by atoms with E-state index in [-0.39, 0.29) is 6.10 Å². The van der Waals surface area contributed by atoms with Crippen molar-refractivity contribution in [2.75, 3.05) is 20.3 Å². The predicted molar refractivity (Wildman–Crippen MR) is 68.0 cm³/mol. The van der Waals surface area contributed by atoms with Gasteiger partial charge in [-0.25, -0.2) is 0 Å². The molecule has 92 valence electrons.